The molecule has 0 radical (unpaired) electrons. The number of rotatable bonds is 8. The molecule has 0 aliphatic heterocycles. The van der Waals surface area contributed by atoms with E-state index in [1.165, 1.54) is 31.4 Å². The van der Waals surface area contributed by atoms with Crippen LogP contribution < -0.4 is 4.74 Å². The second kappa shape index (κ2) is 7.11. The molecule has 0 bridgehead atoms. The Labute approximate surface area is 123 Å². The number of benzene rings is 1. The number of aromatic nitrogens is 1. The van der Waals surface area contributed by atoms with E-state index in [4.69, 9.17) is 14.3 Å². The average Bonchev–Trinajstić information content (AvgIpc) is 2.84. The number of carboxylic acid groups (broad SMARTS) is 1. The smallest absolute Gasteiger partial charge is 0.394 e. The molecule has 0 fully saturated rings. The van der Waals surface area contributed by atoms with E-state index in [1.807, 2.05) is 6.92 Å². The number of fused-ring (bicyclic) bond motifs is 1. The second-order valence-corrected chi connectivity index (χ2v) is 5.25. The molecule has 1 heterocycles. The Morgan fingerprint density at radius 3 is 2.90 bits per heavy atom. The molecule has 1 N–H and O–H groups in total. The molecule has 114 valence electrons. The van der Waals surface area contributed by atoms with E-state index in [2.05, 4.69) is 11.9 Å². The van der Waals surface area contributed by atoms with Crippen molar-refractivity contribution in [2.75, 3.05) is 0 Å². The predicted octanol–water partition coefficient (Wildman–Crippen LogP) is 4.26. The van der Waals surface area contributed by atoms with E-state index < -0.39 is 5.97 Å². The fourth-order valence-corrected chi connectivity index (χ4v) is 2.18. The van der Waals surface area contributed by atoms with Crippen LogP contribution in [0.5, 0.6) is 6.08 Å². The zero-order valence-corrected chi connectivity index (χ0v) is 12.5. The summed E-state index contributed by atoms with van der Waals surface area (Å²) in [6.45, 7) is 4.17. The van der Waals surface area contributed by atoms with Crippen molar-refractivity contribution in [1.82, 2.24) is 4.98 Å². The molecule has 1 aromatic heterocycles. The maximum atomic E-state index is 10.9. The number of oxazole rings is 1. The Hall–Kier alpha value is -2.04. The lowest BCUT2D eigenvalue weighted by Gasteiger charge is -2.10. The predicted molar refractivity (Wildman–Crippen MR) is 79.8 cm³/mol. The van der Waals surface area contributed by atoms with Crippen molar-refractivity contribution in [1.29, 1.82) is 0 Å². The van der Waals surface area contributed by atoms with Crippen molar-refractivity contribution in [2.24, 2.45) is 0 Å². The molecular weight excluding hydrogens is 270 g/mol. The summed E-state index contributed by atoms with van der Waals surface area (Å²) in [5.74, 6) is -0.986. The number of hydrogen-bond acceptors (Lipinski definition) is 4. The Morgan fingerprint density at radius 2 is 2.19 bits per heavy atom. The molecule has 0 amide bonds. The molecule has 1 unspecified atom stereocenters. The van der Waals surface area contributed by atoms with Crippen molar-refractivity contribution in [2.45, 2.75) is 52.1 Å². The van der Waals surface area contributed by atoms with Gasteiger partial charge in [-0.1, -0.05) is 26.2 Å². The highest BCUT2D eigenvalue weighted by atomic mass is 16.6. The molecule has 0 spiro atoms. The van der Waals surface area contributed by atoms with Crippen LogP contribution >= 0.6 is 0 Å². The number of carboxylic acids is 1. The summed E-state index contributed by atoms with van der Waals surface area (Å²) in [6.07, 6.45) is 5.99. The summed E-state index contributed by atoms with van der Waals surface area (Å²) in [5, 5.41) is 8.94. The molecular formula is C16H21NO4. The number of carbonyl (C=O) groups is 1. The number of unbranched alkanes of at least 4 members (excludes halogenated alkanes) is 3. The number of aromatic carboxylic acids is 1. The topological polar surface area (TPSA) is 72.6 Å². The van der Waals surface area contributed by atoms with Gasteiger partial charge in [-0.2, -0.15) is 4.98 Å². The van der Waals surface area contributed by atoms with Gasteiger partial charge in [0.05, 0.1) is 5.56 Å². The van der Waals surface area contributed by atoms with Crippen LogP contribution in [-0.2, 0) is 0 Å². The van der Waals surface area contributed by atoms with E-state index in [9.17, 15) is 4.79 Å². The van der Waals surface area contributed by atoms with Gasteiger partial charge in [-0.15, -0.1) is 0 Å². The van der Waals surface area contributed by atoms with Gasteiger partial charge in [0.2, 0.25) is 0 Å². The van der Waals surface area contributed by atoms with Gasteiger partial charge < -0.3 is 14.3 Å². The minimum atomic E-state index is -0.986. The molecule has 1 atom stereocenters. The third kappa shape index (κ3) is 4.21. The van der Waals surface area contributed by atoms with E-state index in [0.29, 0.717) is 11.1 Å². The summed E-state index contributed by atoms with van der Waals surface area (Å²) < 4.78 is 11.1. The molecule has 2 rings (SSSR count). The first-order valence-corrected chi connectivity index (χ1v) is 7.40. The molecule has 0 saturated heterocycles. The van der Waals surface area contributed by atoms with Gasteiger partial charge in [0, 0.05) is 0 Å². The first-order chi connectivity index (χ1) is 10.1. The maximum absolute atomic E-state index is 10.9. The van der Waals surface area contributed by atoms with E-state index in [0.717, 1.165) is 12.8 Å². The summed E-state index contributed by atoms with van der Waals surface area (Å²) in [7, 11) is 0. The second-order valence-electron chi connectivity index (χ2n) is 5.25. The number of hydrogen-bond donors (Lipinski definition) is 1. The molecule has 0 saturated carbocycles. The van der Waals surface area contributed by atoms with Crippen molar-refractivity contribution < 1.29 is 19.1 Å². The molecule has 1 aromatic carbocycles. The van der Waals surface area contributed by atoms with Crippen molar-refractivity contribution in [3.8, 4) is 6.08 Å². The van der Waals surface area contributed by atoms with Gasteiger partial charge >= 0.3 is 12.0 Å². The SMILES string of the molecule is CCCCCCC(C)Oc1nc2ccc(C(=O)O)cc2o1. The Balaban J connectivity index is 1.97. The largest absolute Gasteiger partial charge is 0.478 e. The highest BCUT2D eigenvalue weighted by Gasteiger charge is 2.13. The van der Waals surface area contributed by atoms with E-state index in [-0.39, 0.29) is 17.7 Å². The lowest BCUT2D eigenvalue weighted by molar-refractivity contribution is 0.0696. The van der Waals surface area contributed by atoms with Gasteiger partial charge in [0.15, 0.2) is 5.58 Å². The highest BCUT2D eigenvalue weighted by molar-refractivity contribution is 5.91. The quantitative estimate of drug-likeness (QED) is 0.735. The third-order valence-corrected chi connectivity index (χ3v) is 3.38. The average molecular weight is 291 g/mol. The van der Waals surface area contributed by atoms with Crippen molar-refractivity contribution in [3.05, 3.63) is 23.8 Å². The Morgan fingerprint density at radius 1 is 1.38 bits per heavy atom. The van der Waals surface area contributed by atoms with Gasteiger partial charge in [-0.25, -0.2) is 4.79 Å². The molecule has 5 heteroatoms. The minimum absolute atomic E-state index is 0.0360. The monoisotopic (exact) mass is 291 g/mol. The van der Waals surface area contributed by atoms with Crippen LogP contribution in [0.25, 0.3) is 11.1 Å². The summed E-state index contributed by atoms with van der Waals surface area (Å²) in [4.78, 5) is 15.1. The summed E-state index contributed by atoms with van der Waals surface area (Å²) >= 11 is 0. The molecule has 2 aromatic rings. The molecule has 5 nitrogen and oxygen atoms in total. The molecule has 0 aliphatic carbocycles. The third-order valence-electron chi connectivity index (χ3n) is 3.38. The standard InChI is InChI=1S/C16H21NO4/c1-3-4-5-6-7-11(2)20-16-17-13-9-8-12(15(18)19)10-14(13)21-16/h8-11H,3-7H2,1-2H3,(H,18,19). The summed E-state index contributed by atoms with van der Waals surface area (Å²) in [6, 6.07) is 4.59. The maximum Gasteiger partial charge on any atom is 0.394 e. The summed E-state index contributed by atoms with van der Waals surface area (Å²) in [5.41, 5.74) is 1.22. The minimum Gasteiger partial charge on any atom is -0.478 e. The van der Waals surface area contributed by atoms with Gasteiger partial charge in [-0.05, 0) is 38.0 Å². The number of ether oxygens (including phenoxy) is 1. The fourth-order valence-electron chi connectivity index (χ4n) is 2.18. The van der Waals surface area contributed by atoms with Crippen LogP contribution in [0.4, 0.5) is 0 Å². The van der Waals surface area contributed by atoms with Crippen LogP contribution in [0.2, 0.25) is 0 Å². The van der Waals surface area contributed by atoms with Gasteiger partial charge in [0.25, 0.3) is 0 Å². The van der Waals surface area contributed by atoms with Crippen LogP contribution in [0.15, 0.2) is 22.6 Å². The Bertz CT molecular complexity index is 605. The van der Waals surface area contributed by atoms with Crippen LogP contribution in [-0.4, -0.2) is 22.2 Å². The number of nitrogens with zero attached hydrogens (tertiary/aromatic N) is 1. The van der Waals surface area contributed by atoms with Gasteiger partial charge in [-0.3, -0.25) is 0 Å². The van der Waals surface area contributed by atoms with E-state index in [1.54, 1.807) is 6.07 Å². The van der Waals surface area contributed by atoms with Gasteiger partial charge in [0.1, 0.15) is 11.6 Å². The Kier molecular flexibility index (Phi) is 5.20. The molecule has 0 aliphatic rings. The van der Waals surface area contributed by atoms with Crippen LogP contribution in [0.1, 0.15) is 56.3 Å². The molecule has 21 heavy (non-hydrogen) atoms. The first kappa shape index (κ1) is 15.4. The first-order valence-electron chi connectivity index (χ1n) is 7.40. The highest BCUT2D eigenvalue weighted by Crippen LogP contribution is 2.23. The zero-order valence-electron chi connectivity index (χ0n) is 12.5. The van der Waals surface area contributed by atoms with Crippen LogP contribution in [0, 0.1) is 0 Å². The van der Waals surface area contributed by atoms with Crippen molar-refractivity contribution >= 4 is 17.1 Å². The van der Waals surface area contributed by atoms with Crippen LogP contribution in [0.3, 0.4) is 0 Å². The lowest BCUT2D eigenvalue weighted by atomic mass is 10.1. The lowest BCUT2D eigenvalue weighted by Crippen LogP contribution is -2.11. The zero-order chi connectivity index (χ0) is 15.2. The van der Waals surface area contributed by atoms with E-state index >= 15 is 0 Å². The van der Waals surface area contributed by atoms with Crippen molar-refractivity contribution in [3.63, 3.8) is 0 Å². The normalized spacial score (nSPS) is 12.5. The fraction of sp³-hybridized carbons (Fsp3) is 0.500.